The van der Waals surface area contributed by atoms with Crippen LogP contribution in [0.5, 0.6) is 0 Å². The Kier molecular flexibility index (Phi) is 5.08. The molecule has 1 aliphatic carbocycles. The van der Waals surface area contributed by atoms with Crippen molar-refractivity contribution in [3.8, 4) is 0 Å². The molecule has 120 valence electrons. The number of urea groups is 1. The van der Waals surface area contributed by atoms with Crippen molar-refractivity contribution in [2.24, 2.45) is 11.3 Å². The largest absolute Gasteiger partial charge is 0.481 e. The van der Waals surface area contributed by atoms with Crippen molar-refractivity contribution >= 4 is 12.0 Å². The number of aliphatic carboxylic acids is 1. The van der Waals surface area contributed by atoms with Gasteiger partial charge in [-0.1, -0.05) is 6.42 Å². The quantitative estimate of drug-likeness (QED) is 0.732. The number of nitrogens with zero attached hydrogens (tertiary/aromatic N) is 1. The summed E-state index contributed by atoms with van der Waals surface area (Å²) in [6, 6.07) is -0.447. The molecule has 0 aromatic heterocycles. The number of rotatable bonds is 4. The van der Waals surface area contributed by atoms with Crippen molar-refractivity contribution in [3.05, 3.63) is 0 Å². The Morgan fingerprint density at radius 3 is 2.76 bits per heavy atom. The summed E-state index contributed by atoms with van der Waals surface area (Å²) >= 11 is 0. The van der Waals surface area contributed by atoms with Crippen LogP contribution < -0.4 is 5.32 Å². The zero-order valence-electron chi connectivity index (χ0n) is 12.7. The molecule has 0 aromatic carbocycles. The summed E-state index contributed by atoms with van der Waals surface area (Å²) in [5.41, 5.74) is -0.851. The van der Waals surface area contributed by atoms with E-state index in [-0.39, 0.29) is 18.7 Å². The summed E-state index contributed by atoms with van der Waals surface area (Å²) in [4.78, 5) is 25.6. The van der Waals surface area contributed by atoms with E-state index in [1.165, 1.54) is 0 Å². The third kappa shape index (κ3) is 3.48. The first-order valence-corrected chi connectivity index (χ1v) is 7.87. The van der Waals surface area contributed by atoms with Crippen molar-refractivity contribution in [1.29, 1.82) is 0 Å². The number of carbonyl (C=O) groups is 2. The molecule has 0 radical (unpaired) electrons. The fraction of sp³-hybridized carbons (Fsp3) is 0.867. The normalized spacial score (nSPS) is 33.0. The van der Waals surface area contributed by atoms with Crippen LogP contribution in [-0.2, 0) is 4.79 Å². The van der Waals surface area contributed by atoms with Crippen molar-refractivity contribution in [2.45, 2.75) is 51.5 Å². The fourth-order valence-corrected chi connectivity index (χ4v) is 3.56. The molecule has 3 N–H and O–H groups in total. The highest BCUT2D eigenvalue weighted by molar-refractivity contribution is 5.79. The van der Waals surface area contributed by atoms with Crippen LogP contribution in [0, 0.1) is 11.3 Å². The third-order valence-electron chi connectivity index (χ3n) is 5.09. The summed E-state index contributed by atoms with van der Waals surface area (Å²) in [7, 11) is 0. The zero-order chi connectivity index (χ0) is 15.5. The van der Waals surface area contributed by atoms with E-state index >= 15 is 0 Å². The summed E-state index contributed by atoms with van der Waals surface area (Å²) in [5.74, 6) is -0.481. The molecule has 3 atom stereocenters. The van der Waals surface area contributed by atoms with Gasteiger partial charge >= 0.3 is 12.0 Å². The number of likely N-dealkylation sites (tertiary alicyclic amines) is 1. The minimum atomic E-state index is -0.851. The highest BCUT2D eigenvalue weighted by Gasteiger charge is 2.46. The Morgan fingerprint density at radius 2 is 2.10 bits per heavy atom. The second-order valence-electron chi connectivity index (χ2n) is 6.58. The maximum Gasteiger partial charge on any atom is 0.317 e. The number of carboxylic acid groups (broad SMARTS) is 1. The van der Waals surface area contributed by atoms with E-state index in [9.17, 15) is 14.7 Å². The van der Waals surface area contributed by atoms with Crippen LogP contribution in [0.1, 0.15) is 45.4 Å². The molecule has 0 spiro atoms. The van der Waals surface area contributed by atoms with Crippen molar-refractivity contribution in [2.75, 3.05) is 19.7 Å². The number of carboxylic acids is 1. The maximum absolute atomic E-state index is 12.4. The first-order chi connectivity index (χ1) is 9.97. The van der Waals surface area contributed by atoms with Crippen molar-refractivity contribution < 1.29 is 19.8 Å². The Balaban J connectivity index is 1.93. The molecule has 6 nitrogen and oxygen atoms in total. The first kappa shape index (κ1) is 16.1. The third-order valence-corrected chi connectivity index (χ3v) is 5.09. The van der Waals surface area contributed by atoms with E-state index in [0.717, 1.165) is 32.1 Å². The van der Waals surface area contributed by atoms with Gasteiger partial charge in [0.25, 0.3) is 0 Å². The first-order valence-electron chi connectivity index (χ1n) is 7.87. The van der Waals surface area contributed by atoms with Gasteiger partial charge in [0, 0.05) is 25.7 Å². The van der Waals surface area contributed by atoms with Gasteiger partial charge in [0.2, 0.25) is 0 Å². The second-order valence-corrected chi connectivity index (χ2v) is 6.58. The number of hydrogen-bond acceptors (Lipinski definition) is 3. The standard InChI is InChI=1S/C15H26N2O4/c1-15(13(19)20)7-2-5-12(15)16-14(21)17-8-3-4-11(10-17)6-9-18/h11-12,18H,2-10H2,1H3,(H,16,21)(H,19,20). The van der Waals surface area contributed by atoms with Crippen molar-refractivity contribution in [3.63, 3.8) is 0 Å². The molecule has 1 aliphatic heterocycles. The molecule has 1 saturated carbocycles. The number of aliphatic hydroxyl groups excluding tert-OH is 1. The summed E-state index contributed by atoms with van der Waals surface area (Å²) in [6.07, 6.45) is 4.88. The molecule has 3 unspecified atom stereocenters. The van der Waals surface area contributed by atoms with Gasteiger partial charge in [0.05, 0.1) is 5.41 Å². The molecule has 21 heavy (non-hydrogen) atoms. The van der Waals surface area contributed by atoms with Crippen LogP contribution in [0.15, 0.2) is 0 Å². The van der Waals surface area contributed by atoms with E-state index in [1.807, 2.05) is 0 Å². The van der Waals surface area contributed by atoms with E-state index in [2.05, 4.69) is 5.32 Å². The van der Waals surface area contributed by atoms with E-state index in [0.29, 0.717) is 25.4 Å². The number of amides is 2. The molecule has 2 amide bonds. The van der Waals surface area contributed by atoms with Gasteiger partial charge < -0.3 is 20.4 Å². The van der Waals surface area contributed by atoms with Gasteiger partial charge in [-0.3, -0.25) is 4.79 Å². The topological polar surface area (TPSA) is 89.9 Å². The molecule has 2 fully saturated rings. The number of nitrogens with one attached hydrogen (secondary N) is 1. The smallest absolute Gasteiger partial charge is 0.317 e. The van der Waals surface area contributed by atoms with Gasteiger partial charge in [0.1, 0.15) is 0 Å². The van der Waals surface area contributed by atoms with E-state index < -0.39 is 11.4 Å². The predicted molar refractivity (Wildman–Crippen MR) is 77.9 cm³/mol. The average molecular weight is 298 g/mol. The predicted octanol–water partition coefficient (Wildman–Crippen LogP) is 1.43. The maximum atomic E-state index is 12.4. The fourth-order valence-electron chi connectivity index (χ4n) is 3.56. The summed E-state index contributed by atoms with van der Waals surface area (Å²) < 4.78 is 0. The Bertz CT molecular complexity index is 399. The lowest BCUT2D eigenvalue weighted by molar-refractivity contribution is -0.148. The van der Waals surface area contributed by atoms with Crippen LogP contribution >= 0.6 is 0 Å². The lowest BCUT2D eigenvalue weighted by Crippen LogP contribution is -2.53. The molecule has 0 bridgehead atoms. The molecule has 0 aromatic rings. The van der Waals surface area contributed by atoms with Crippen LogP contribution in [-0.4, -0.2) is 52.9 Å². The molecule has 1 saturated heterocycles. The lowest BCUT2D eigenvalue weighted by Gasteiger charge is -2.35. The second kappa shape index (κ2) is 6.64. The molecule has 2 aliphatic rings. The minimum Gasteiger partial charge on any atom is -0.481 e. The number of aliphatic hydroxyl groups is 1. The van der Waals surface area contributed by atoms with Crippen LogP contribution in [0.25, 0.3) is 0 Å². The SMILES string of the molecule is CC1(C(=O)O)CCCC1NC(=O)N1CCCC(CCO)C1. The molecule has 2 rings (SSSR count). The van der Waals surface area contributed by atoms with Crippen LogP contribution in [0.2, 0.25) is 0 Å². The molecular formula is C15H26N2O4. The Labute approximate surface area is 125 Å². The molecule has 6 heteroatoms. The highest BCUT2D eigenvalue weighted by Crippen LogP contribution is 2.38. The Morgan fingerprint density at radius 1 is 1.33 bits per heavy atom. The van der Waals surface area contributed by atoms with E-state index in [1.54, 1.807) is 11.8 Å². The minimum absolute atomic E-state index is 0.153. The molecular weight excluding hydrogens is 272 g/mol. The van der Waals surface area contributed by atoms with Crippen LogP contribution in [0.4, 0.5) is 4.79 Å². The summed E-state index contributed by atoms with van der Waals surface area (Å²) in [5, 5.41) is 21.3. The highest BCUT2D eigenvalue weighted by atomic mass is 16.4. The summed E-state index contributed by atoms with van der Waals surface area (Å²) in [6.45, 7) is 3.24. The van der Waals surface area contributed by atoms with Gasteiger partial charge in [0.15, 0.2) is 0 Å². The van der Waals surface area contributed by atoms with Crippen molar-refractivity contribution in [1.82, 2.24) is 10.2 Å². The van der Waals surface area contributed by atoms with Gasteiger partial charge in [-0.2, -0.15) is 0 Å². The zero-order valence-corrected chi connectivity index (χ0v) is 12.7. The number of piperidine rings is 1. The van der Waals surface area contributed by atoms with Crippen LogP contribution in [0.3, 0.4) is 0 Å². The van der Waals surface area contributed by atoms with Gasteiger partial charge in [-0.05, 0) is 44.9 Å². The monoisotopic (exact) mass is 298 g/mol. The van der Waals surface area contributed by atoms with Gasteiger partial charge in [-0.25, -0.2) is 4.79 Å². The van der Waals surface area contributed by atoms with Gasteiger partial charge in [-0.15, -0.1) is 0 Å². The van der Waals surface area contributed by atoms with E-state index in [4.69, 9.17) is 5.11 Å². The number of carbonyl (C=O) groups excluding carboxylic acids is 1. The average Bonchev–Trinajstić information content (AvgIpc) is 2.82. The number of hydrogen-bond donors (Lipinski definition) is 3. The Hall–Kier alpha value is -1.30. The molecule has 1 heterocycles. The lowest BCUT2D eigenvalue weighted by atomic mass is 9.85.